The Labute approximate surface area is 87.7 Å². The second-order valence-electron chi connectivity index (χ2n) is 1.70. The van der Waals surface area contributed by atoms with Crippen molar-refractivity contribution in [2.24, 2.45) is 0 Å². The van der Waals surface area contributed by atoms with Crippen molar-refractivity contribution in [1.29, 1.82) is 0 Å². The number of hydrogen-bond acceptors (Lipinski definition) is 1. The predicted octanol–water partition coefficient (Wildman–Crippen LogP) is 3.54. The molecule has 0 spiro atoms. The molecular formula is C4HCl5N2. The number of alkyl halides is 3. The fourth-order valence-corrected chi connectivity index (χ4v) is 1.41. The van der Waals surface area contributed by atoms with Gasteiger partial charge in [-0.2, -0.15) is 5.10 Å². The molecule has 7 heteroatoms. The van der Waals surface area contributed by atoms with Crippen LogP contribution in [-0.4, -0.2) is 10.2 Å². The van der Waals surface area contributed by atoms with Gasteiger partial charge >= 0.3 is 0 Å². The van der Waals surface area contributed by atoms with E-state index in [9.17, 15) is 0 Å². The van der Waals surface area contributed by atoms with Crippen molar-refractivity contribution in [3.8, 4) is 0 Å². The minimum absolute atomic E-state index is 0.0907. The minimum atomic E-state index is -1.61. The van der Waals surface area contributed by atoms with Gasteiger partial charge in [0.05, 0.1) is 0 Å². The van der Waals surface area contributed by atoms with E-state index in [-0.39, 0.29) is 15.9 Å². The van der Waals surface area contributed by atoms with Crippen molar-refractivity contribution in [3.05, 3.63) is 15.9 Å². The van der Waals surface area contributed by atoms with Gasteiger partial charge in [-0.15, -0.1) is 0 Å². The van der Waals surface area contributed by atoms with Crippen LogP contribution in [-0.2, 0) is 3.79 Å². The highest BCUT2D eigenvalue weighted by molar-refractivity contribution is 6.67. The lowest BCUT2D eigenvalue weighted by molar-refractivity contribution is 0.999. The Kier molecular flexibility index (Phi) is 2.83. The van der Waals surface area contributed by atoms with Gasteiger partial charge in [-0.05, 0) is 0 Å². The number of aromatic amines is 1. The SMILES string of the molecule is Clc1n[nH]c(C(Cl)(Cl)Cl)c1Cl. The molecule has 0 atom stereocenters. The summed E-state index contributed by atoms with van der Waals surface area (Å²) in [4.78, 5) is 0. The maximum atomic E-state index is 5.61. The van der Waals surface area contributed by atoms with Crippen LogP contribution >= 0.6 is 58.0 Å². The first-order valence-electron chi connectivity index (χ1n) is 2.39. The molecular weight excluding hydrogens is 253 g/mol. The number of nitrogens with zero attached hydrogens (tertiary/aromatic N) is 1. The Balaban J connectivity index is 3.15. The molecule has 2 nitrogen and oxygen atoms in total. The molecule has 0 amide bonds. The van der Waals surface area contributed by atoms with Gasteiger partial charge in [-0.1, -0.05) is 58.0 Å². The summed E-state index contributed by atoms with van der Waals surface area (Å²) in [5.74, 6) is 0. The number of halogens is 5. The average molecular weight is 254 g/mol. The predicted molar refractivity (Wildman–Crippen MR) is 47.8 cm³/mol. The Bertz CT molecular complexity index is 262. The molecule has 1 N–H and O–H groups in total. The monoisotopic (exact) mass is 252 g/mol. The fourth-order valence-electron chi connectivity index (χ4n) is 0.494. The zero-order valence-electron chi connectivity index (χ0n) is 4.84. The molecule has 0 bridgehead atoms. The quantitative estimate of drug-likeness (QED) is 0.705. The summed E-state index contributed by atoms with van der Waals surface area (Å²) in [6.07, 6.45) is 0. The third-order valence-electron chi connectivity index (χ3n) is 0.950. The lowest BCUT2D eigenvalue weighted by Crippen LogP contribution is -2.00. The lowest BCUT2D eigenvalue weighted by atomic mass is 10.5. The van der Waals surface area contributed by atoms with Crippen LogP contribution in [0.5, 0.6) is 0 Å². The smallest absolute Gasteiger partial charge is 0.233 e. The molecule has 0 saturated heterocycles. The Hall–Kier alpha value is 0.660. The first-order valence-corrected chi connectivity index (χ1v) is 4.28. The summed E-state index contributed by atoms with van der Waals surface area (Å²) in [5.41, 5.74) is 0.175. The third-order valence-corrected chi connectivity index (χ3v) is 2.26. The lowest BCUT2D eigenvalue weighted by Gasteiger charge is -2.06. The molecule has 1 heterocycles. The fraction of sp³-hybridized carbons (Fsp3) is 0.250. The maximum absolute atomic E-state index is 5.61. The number of hydrogen-bond donors (Lipinski definition) is 1. The van der Waals surface area contributed by atoms with Crippen LogP contribution in [0.25, 0.3) is 0 Å². The van der Waals surface area contributed by atoms with Gasteiger partial charge in [0.1, 0.15) is 10.7 Å². The molecule has 11 heavy (non-hydrogen) atoms. The van der Waals surface area contributed by atoms with E-state index in [0.29, 0.717) is 0 Å². The Morgan fingerprint density at radius 3 is 1.91 bits per heavy atom. The van der Waals surface area contributed by atoms with Gasteiger partial charge < -0.3 is 0 Å². The normalized spacial score (nSPS) is 12.1. The maximum Gasteiger partial charge on any atom is 0.233 e. The van der Waals surface area contributed by atoms with Crippen LogP contribution in [0.1, 0.15) is 5.69 Å². The summed E-state index contributed by atoms with van der Waals surface area (Å²) in [5, 5.41) is 6.16. The van der Waals surface area contributed by atoms with Crippen LogP contribution in [0.15, 0.2) is 0 Å². The molecule has 0 saturated carbocycles. The number of nitrogens with one attached hydrogen (secondary N) is 1. The van der Waals surface area contributed by atoms with E-state index in [4.69, 9.17) is 58.0 Å². The van der Waals surface area contributed by atoms with Crippen LogP contribution in [0, 0.1) is 0 Å². The first-order chi connectivity index (χ1) is 4.93. The van der Waals surface area contributed by atoms with Gasteiger partial charge in [-0.25, -0.2) is 0 Å². The third kappa shape index (κ3) is 2.07. The summed E-state index contributed by atoms with van der Waals surface area (Å²) < 4.78 is -1.61. The standard InChI is InChI=1S/C4HCl5N2/c5-1-2(4(7,8)9)10-11-3(1)6/h(H,10,11). The van der Waals surface area contributed by atoms with Crippen molar-refractivity contribution in [1.82, 2.24) is 10.2 Å². The van der Waals surface area contributed by atoms with E-state index in [1.807, 2.05) is 0 Å². The highest BCUT2D eigenvalue weighted by Gasteiger charge is 2.29. The highest BCUT2D eigenvalue weighted by Crippen LogP contribution is 2.42. The Morgan fingerprint density at radius 2 is 1.73 bits per heavy atom. The summed E-state index contributed by atoms with van der Waals surface area (Å²) in [7, 11) is 0. The second-order valence-corrected chi connectivity index (χ2v) is 4.72. The zero-order chi connectivity index (χ0) is 8.65. The first kappa shape index (κ1) is 9.75. The van der Waals surface area contributed by atoms with Crippen molar-refractivity contribution in [2.45, 2.75) is 3.79 Å². The number of aromatic nitrogens is 2. The van der Waals surface area contributed by atoms with E-state index in [0.717, 1.165) is 0 Å². The van der Waals surface area contributed by atoms with Crippen molar-refractivity contribution in [2.75, 3.05) is 0 Å². The molecule has 1 aromatic heterocycles. The van der Waals surface area contributed by atoms with E-state index < -0.39 is 3.79 Å². The molecule has 0 aliphatic rings. The van der Waals surface area contributed by atoms with Crippen molar-refractivity contribution in [3.63, 3.8) is 0 Å². The summed E-state index contributed by atoms with van der Waals surface area (Å²) >= 11 is 27.6. The summed E-state index contributed by atoms with van der Waals surface area (Å²) in [6, 6.07) is 0. The van der Waals surface area contributed by atoms with Crippen LogP contribution in [0.4, 0.5) is 0 Å². The van der Waals surface area contributed by atoms with Gasteiger partial charge in [0.2, 0.25) is 3.79 Å². The Morgan fingerprint density at radius 1 is 1.18 bits per heavy atom. The van der Waals surface area contributed by atoms with Gasteiger partial charge in [0, 0.05) is 0 Å². The molecule has 0 aliphatic heterocycles. The molecule has 1 rings (SSSR count). The van der Waals surface area contributed by atoms with Gasteiger partial charge in [-0.3, -0.25) is 5.10 Å². The van der Waals surface area contributed by atoms with Crippen LogP contribution < -0.4 is 0 Å². The van der Waals surface area contributed by atoms with Crippen molar-refractivity contribution >= 4 is 58.0 Å². The molecule has 0 fully saturated rings. The second kappa shape index (κ2) is 3.19. The minimum Gasteiger partial charge on any atom is -0.275 e. The van der Waals surface area contributed by atoms with Gasteiger partial charge in [0.15, 0.2) is 5.15 Å². The highest BCUT2D eigenvalue weighted by atomic mass is 35.6. The van der Waals surface area contributed by atoms with Crippen LogP contribution in [0.2, 0.25) is 10.2 Å². The topological polar surface area (TPSA) is 28.7 Å². The molecule has 0 unspecified atom stereocenters. The number of rotatable bonds is 0. The molecule has 0 aliphatic carbocycles. The average Bonchev–Trinajstić information content (AvgIpc) is 2.11. The zero-order valence-corrected chi connectivity index (χ0v) is 8.62. The van der Waals surface area contributed by atoms with Crippen LogP contribution in [0.3, 0.4) is 0 Å². The van der Waals surface area contributed by atoms with E-state index >= 15 is 0 Å². The van der Waals surface area contributed by atoms with Crippen molar-refractivity contribution < 1.29 is 0 Å². The van der Waals surface area contributed by atoms with E-state index in [2.05, 4.69) is 10.2 Å². The van der Waals surface area contributed by atoms with E-state index in [1.54, 1.807) is 0 Å². The van der Waals surface area contributed by atoms with Gasteiger partial charge in [0.25, 0.3) is 0 Å². The molecule has 0 radical (unpaired) electrons. The molecule has 0 aromatic carbocycles. The molecule has 1 aromatic rings. The summed E-state index contributed by atoms with van der Waals surface area (Å²) in [6.45, 7) is 0. The number of H-pyrrole nitrogens is 1. The van der Waals surface area contributed by atoms with E-state index in [1.165, 1.54) is 0 Å². The largest absolute Gasteiger partial charge is 0.275 e. The molecule has 62 valence electrons.